The summed E-state index contributed by atoms with van der Waals surface area (Å²) in [6.07, 6.45) is 0. The molecule has 1 aromatic heterocycles. The summed E-state index contributed by atoms with van der Waals surface area (Å²) >= 11 is 1.62. The van der Waals surface area contributed by atoms with Crippen LogP contribution in [0.4, 0.5) is 10.1 Å². The molecule has 0 aliphatic carbocycles. The molecule has 2 aromatic carbocycles. The van der Waals surface area contributed by atoms with Crippen molar-refractivity contribution in [3.63, 3.8) is 0 Å². The Morgan fingerprint density at radius 3 is 2.42 bits per heavy atom. The number of carbonyl (C=O) groups excluding carboxylic acids is 2. The highest BCUT2D eigenvalue weighted by atomic mass is 32.1. The maximum absolute atomic E-state index is 14.3. The van der Waals surface area contributed by atoms with E-state index in [1.807, 2.05) is 53.6 Å². The van der Waals surface area contributed by atoms with Gasteiger partial charge in [0.05, 0.1) is 18.8 Å². The number of nitrogens with zero attached hydrogens (tertiary/aromatic N) is 2. The van der Waals surface area contributed by atoms with Crippen LogP contribution in [0.3, 0.4) is 0 Å². The minimum atomic E-state index is -0.693. The first kappa shape index (κ1) is 25.7. The second-order valence-electron chi connectivity index (χ2n) is 8.69. The van der Waals surface area contributed by atoms with E-state index in [4.69, 9.17) is 4.74 Å². The van der Waals surface area contributed by atoms with Gasteiger partial charge in [0.15, 0.2) is 0 Å². The molecule has 9 heteroatoms. The predicted octanol–water partition coefficient (Wildman–Crippen LogP) is 3.58. The van der Waals surface area contributed by atoms with E-state index < -0.39 is 11.8 Å². The van der Waals surface area contributed by atoms with Gasteiger partial charge in [0, 0.05) is 49.2 Å². The standard InChI is InChI=1S/C27H31FN4O3S/c1-19(30-27(34)26(33)29-18-20-8-3-6-11-23(20)35-2)25(24-12-7-17-36-24)32-15-13-31(14-16-32)22-10-5-4-9-21(22)28/h3-12,17,19,25H,13-16,18H2,1-2H3,(H,29,33)(H,30,34)/t19-,25-/m1/s1. The molecule has 1 fully saturated rings. The third kappa shape index (κ3) is 6.03. The molecule has 7 nitrogen and oxygen atoms in total. The summed E-state index contributed by atoms with van der Waals surface area (Å²) in [5, 5.41) is 7.57. The third-order valence-electron chi connectivity index (χ3n) is 6.41. The minimum Gasteiger partial charge on any atom is -0.496 e. The van der Waals surface area contributed by atoms with Crippen LogP contribution < -0.4 is 20.3 Å². The fourth-order valence-electron chi connectivity index (χ4n) is 4.61. The molecule has 2 N–H and O–H groups in total. The second-order valence-corrected chi connectivity index (χ2v) is 9.67. The van der Waals surface area contributed by atoms with Gasteiger partial charge in [-0.25, -0.2) is 4.39 Å². The first-order valence-corrected chi connectivity index (χ1v) is 12.8. The molecule has 4 rings (SSSR count). The minimum absolute atomic E-state index is 0.0984. The normalized spacial score (nSPS) is 15.7. The number of hydrogen-bond donors (Lipinski definition) is 2. The molecule has 0 bridgehead atoms. The van der Waals surface area contributed by atoms with E-state index in [0.717, 1.165) is 10.4 Å². The van der Waals surface area contributed by atoms with Crippen LogP contribution in [0, 0.1) is 5.82 Å². The van der Waals surface area contributed by atoms with Crippen LogP contribution >= 0.6 is 11.3 Å². The fraction of sp³-hybridized carbons (Fsp3) is 0.333. The van der Waals surface area contributed by atoms with E-state index in [9.17, 15) is 14.0 Å². The zero-order valence-corrected chi connectivity index (χ0v) is 21.3. The average molecular weight is 511 g/mol. The summed E-state index contributed by atoms with van der Waals surface area (Å²) in [4.78, 5) is 30.7. The predicted molar refractivity (Wildman–Crippen MR) is 140 cm³/mol. The summed E-state index contributed by atoms with van der Waals surface area (Å²) in [6.45, 7) is 4.86. The number of piperazine rings is 1. The number of para-hydroxylation sites is 2. The Morgan fingerprint density at radius 1 is 1.00 bits per heavy atom. The molecular weight excluding hydrogens is 479 g/mol. The molecule has 3 aromatic rings. The molecule has 1 saturated heterocycles. The molecule has 0 spiro atoms. The highest BCUT2D eigenvalue weighted by molar-refractivity contribution is 7.10. The maximum Gasteiger partial charge on any atom is 0.309 e. The van der Waals surface area contributed by atoms with E-state index >= 15 is 0 Å². The summed E-state index contributed by atoms with van der Waals surface area (Å²) in [6, 6.07) is 17.8. The number of benzene rings is 2. The van der Waals surface area contributed by atoms with Gasteiger partial charge >= 0.3 is 11.8 Å². The van der Waals surface area contributed by atoms with Crippen molar-refractivity contribution < 1.29 is 18.7 Å². The highest BCUT2D eigenvalue weighted by Crippen LogP contribution is 2.30. The van der Waals surface area contributed by atoms with Crippen LogP contribution in [-0.2, 0) is 16.1 Å². The second kappa shape index (κ2) is 12.0. The zero-order chi connectivity index (χ0) is 25.5. The number of rotatable bonds is 8. The van der Waals surface area contributed by atoms with Crippen LogP contribution in [0.5, 0.6) is 5.75 Å². The third-order valence-corrected chi connectivity index (χ3v) is 7.35. The van der Waals surface area contributed by atoms with Gasteiger partial charge in [0.2, 0.25) is 0 Å². The Bertz CT molecular complexity index is 1170. The Kier molecular flexibility index (Phi) is 8.56. The summed E-state index contributed by atoms with van der Waals surface area (Å²) in [5.74, 6) is -0.939. The SMILES string of the molecule is COc1ccccc1CNC(=O)C(=O)N[C@H](C)[C@H](c1cccs1)N1CCN(c2ccccc2F)CC1. The van der Waals surface area contributed by atoms with Gasteiger partial charge in [-0.05, 0) is 36.6 Å². The van der Waals surface area contributed by atoms with Crippen LogP contribution in [0.2, 0.25) is 0 Å². The Labute approximate surface area is 214 Å². The van der Waals surface area contributed by atoms with Gasteiger partial charge in [-0.3, -0.25) is 14.5 Å². The number of thiophene rings is 1. The number of ether oxygens (including phenoxy) is 1. The lowest BCUT2D eigenvalue weighted by molar-refractivity contribution is -0.140. The number of halogens is 1. The highest BCUT2D eigenvalue weighted by Gasteiger charge is 2.32. The molecule has 190 valence electrons. The zero-order valence-electron chi connectivity index (χ0n) is 20.4. The molecule has 1 aliphatic rings. The number of hydrogen-bond acceptors (Lipinski definition) is 6. The lowest BCUT2D eigenvalue weighted by atomic mass is 10.0. The van der Waals surface area contributed by atoms with Gasteiger partial charge in [-0.2, -0.15) is 0 Å². The summed E-state index contributed by atoms with van der Waals surface area (Å²) in [5.41, 5.74) is 1.40. The van der Waals surface area contributed by atoms with Crippen molar-refractivity contribution in [3.8, 4) is 5.75 Å². The largest absolute Gasteiger partial charge is 0.496 e. The molecule has 2 amide bonds. The van der Waals surface area contributed by atoms with Crippen LogP contribution in [0.1, 0.15) is 23.4 Å². The van der Waals surface area contributed by atoms with Crippen LogP contribution in [-0.4, -0.2) is 56.0 Å². The number of anilines is 1. The number of amides is 2. The van der Waals surface area contributed by atoms with Crippen LogP contribution in [0.25, 0.3) is 0 Å². The smallest absolute Gasteiger partial charge is 0.309 e. The van der Waals surface area contributed by atoms with Gasteiger partial charge in [-0.1, -0.05) is 36.4 Å². The van der Waals surface area contributed by atoms with Crippen molar-refractivity contribution in [1.82, 2.24) is 15.5 Å². The molecule has 36 heavy (non-hydrogen) atoms. The van der Waals surface area contributed by atoms with Crippen molar-refractivity contribution in [1.29, 1.82) is 0 Å². The lowest BCUT2D eigenvalue weighted by Crippen LogP contribution is -2.53. The van der Waals surface area contributed by atoms with E-state index in [0.29, 0.717) is 37.6 Å². The van der Waals surface area contributed by atoms with E-state index in [-0.39, 0.29) is 24.4 Å². The van der Waals surface area contributed by atoms with Crippen molar-refractivity contribution in [2.24, 2.45) is 0 Å². The van der Waals surface area contributed by atoms with Gasteiger partial charge in [-0.15, -0.1) is 11.3 Å². The van der Waals surface area contributed by atoms with Crippen LogP contribution in [0.15, 0.2) is 66.0 Å². The molecule has 2 heterocycles. The van der Waals surface area contributed by atoms with Gasteiger partial charge in [0.1, 0.15) is 11.6 Å². The van der Waals surface area contributed by atoms with Crippen molar-refractivity contribution >= 4 is 28.8 Å². The van der Waals surface area contributed by atoms with Crippen molar-refractivity contribution in [3.05, 3.63) is 82.3 Å². The summed E-state index contributed by atoms with van der Waals surface area (Å²) < 4.78 is 19.6. The van der Waals surface area contributed by atoms with Gasteiger partial charge < -0.3 is 20.3 Å². The molecule has 0 saturated carbocycles. The first-order valence-electron chi connectivity index (χ1n) is 12.0. The van der Waals surface area contributed by atoms with E-state index in [1.165, 1.54) is 6.07 Å². The monoisotopic (exact) mass is 510 g/mol. The lowest BCUT2D eigenvalue weighted by Gasteiger charge is -2.42. The van der Waals surface area contributed by atoms with E-state index in [1.54, 1.807) is 36.6 Å². The van der Waals surface area contributed by atoms with Gasteiger partial charge in [0.25, 0.3) is 0 Å². The van der Waals surface area contributed by atoms with Crippen molar-refractivity contribution in [2.45, 2.75) is 25.6 Å². The fourth-order valence-corrected chi connectivity index (χ4v) is 5.57. The number of nitrogens with one attached hydrogen (secondary N) is 2. The number of carbonyl (C=O) groups is 2. The topological polar surface area (TPSA) is 73.9 Å². The molecule has 0 radical (unpaired) electrons. The Balaban J connectivity index is 1.38. The molecule has 1 aliphatic heterocycles. The van der Waals surface area contributed by atoms with E-state index in [2.05, 4.69) is 15.5 Å². The summed E-state index contributed by atoms with van der Waals surface area (Å²) in [7, 11) is 1.57. The molecule has 2 atom stereocenters. The Morgan fingerprint density at radius 2 is 1.72 bits per heavy atom. The average Bonchev–Trinajstić information content (AvgIpc) is 3.42. The number of methoxy groups -OCH3 is 1. The van der Waals surface area contributed by atoms with Crippen molar-refractivity contribution in [2.75, 3.05) is 38.2 Å². The maximum atomic E-state index is 14.3. The first-order chi connectivity index (χ1) is 17.5. The Hall–Kier alpha value is -3.43. The quantitative estimate of drug-likeness (QED) is 0.453. The molecule has 0 unspecified atom stereocenters. The molecular formula is C27H31FN4O3S.